The Bertz CT molecular complexity index is 582. The highest BCUT2D eigenvalue weighted by atomic mass is 16.5. The van der Waals surface area contributed by atoms with E-state index >= 15 is 0 Å². The third-order valence-electron chi connectivity index (χ3n) is 3.02. The minimum Gasteiger partial charge on any atom is -0.495 e. The summed E-state index contributed by atoms with van der Waals surface area (Å²) >= 11 is 0. The first kappa shape index (κ1) is 13.2. The van der Waals surface area contributed by atoms with Crippen LogP contribution in [0.2, 0.25) is 0 Å². The number of anilines is 3. The lowest BCUT2D eigenvalue weighted by Crippen LogP contribution is -2.00. The molecule has 0 saturated heterocycles. The van der Waals surface area contributed by atoms with Gasteiger partial charge in [0.15, 0.2) is 0 Å². The summed E-state index contributed by atoms with van der Waals surface area (Å²) in [5.74, 6) is 1.59. The van der Waals surface area contributed by atoms with Crippen LogP contribution < -0.4 is 15.8 Å². The Labute approximate surface area is 113 Å². The maximum Gasteiger partial charge on any atom is 0.142 e. The molecule has 1 heterocycles. The lowest BCUT2D eigenvalue weighted by atomic mass is 10.1. The van der Waals surface area contributed by atoms with Crippen LogP contribution in [0.3, 0.4) is 0 Å². The number of hydrogen-bond acceptors (Lipinski definition) is 4. The van der Waals surface area contributed by atoms with E-state index in [4.69, 9.17) is 10.5 Å². The van der Waals surface area contributed by atoms with Crippen LogP contribution in [0, 0.1) is 6.92 Å². The van der Waals surface area contributed by atoms with Crippen LogP contribution in [0.4, 0.5) is 17.2 Å². The smallest absolute Gasteiger partial charge is 0.142 e. The Morgan fingerprint density at radius 1 is 1.32 bits per heavy atom. The van der Waals surface area contributed by atoms with Gasteiger partial charge in [0.05, 0.1) is 24.7 Å². The van der Waals surface area contributed by atoms with E-state index in [0.717, 1.165) is 29.2 Å². The van der Waals surface area contributed by atoms with Gasteiger partial charge >= 0.3 is 0 Å². The molecule has 0 radical (unpaired) electrons. The summed E-state index contributed by atoms with van der Waals surface area (Å²) in [6, 6.07) is 8.00. The molecule has 1 aromatic heterocycles. The molecule has 0 aliphatic heterocycles. The molecular weight excluding hydrogens is 238 g/mol. The van der Waals surface area contributed by atoms with Gasteiger partial charge in [0.1, 0.15) is 11.6 Å². The Balaban J connectivity index is 2.36. The van der Waals surface area contributed by atoms with Crippen LogP contribution >= 0.6 is 0 Å². The van der Waals surface area contributed by atoms with E-state index in [-0.39, 0.29) is 0 Å². The molecule has 2 rings (SSSR count). The molecule has 0 bridgehead atoms. The minimum atomic E-state index is 0.664. The number of nitrogens with zero attached hydrogens (tertiary/aromatic N) is 1. The fourth-order valence-corrected chi connectivity index (χ4v) is 1.93. The maximum absolute atomic E-state index is 5.71. The molecular formula is C15H19N3O. The predicted octanol–water partition coefficient (Wildman–Crippen LogP) is 3.29. The van der Waals surface area contributed by atoms with E-state index in [1.807, 2.05) is 19.1 Å². The standard InChI is InChI=1S/C15H19N3O/c1-4-11-5-6-14(19-3)13(8-11)18-15-10(2)7-12(16)9-17-15/h5-9H,4,16H2,1-3H3,(H,17,18). The van der Waals surface area contributed by atoms with Crippen LogP contribution in [0.15, 0.2) is 30.5 Å². The van der Waals surface area contributed by atoms with Crippen LogP contribution in [0.5, 0.6) is 5.75 Å². The van der Waals surface area contributed by atoms with Gasteiger partial charge in [0.2, 0.25) is 0 Å². The zero-order chi connectivity index (χ0) is 13.8. The van der Waals surface area contributed by atoms with E-state index in [9.17, 15) is 0 Å². The number of ether oxygens (including phenoxy) is 1. The van der Waals surface area contributed by atoms with E-state index < -0.39 is 0 Å². The van der Waals surface area contributed by atoms with Crippen molar-refractivity contribution in [3.05, 3.63) is 41.6 Å². The highest BCUT2D eigenvalue weighted by Gasteiger charge is 2.07. The number of nitrogens with one attached hydrogen (secondary N) is 1. The lowest BCUT2D eigenvalue weighted by molar-refractivity contribution is 0.416. The molecule has 4 nitrogen and oxygen atoms in total. The molecule has 100 valence electrons. The fourth-order valence-electron chi connectivity index (χ4n) is 1.93. The molecule has 2 aromatic rings. The monoisotopic (exact) mass is 257 g/mol. The Hall–Kier alpha value is -2.23. The number of pyridine rings is 1. The summed E-state index contributed by atoms with van der Waals surface area (Å²) in [7, 11) is 1.66. The average molecular weight is 257 g/mol. The Kier molecular flexibility index (Phi) is 3.90. The van der Waals surface area contributed by atoms with Gasteiger partial charge in [-0.15, -0.1) is 0 Å². The quantitative estimate of drug-likeness (QED) is 0.882. The predicted molar refractivity (Wildman–Crippen MR) is 79.0 cm³/mol. The SMILES string of the molecule is CCc1ccc(OC)c(Nc2ncc(N)cc2C)c1. The molecule has 0 unspecified atom stereocenters. The van der Waals surface area contributed by atoms with Gasteiger partial charge in [-0.05, 0) is 42.7 Å². The third-order valence-corrected chi connectivity index (χ3v) is 3.02. The first-order valence-corrected chi connectivity index (χ1v) is 6.30. The first-order valence-electron chi connectivity index (χ1n) is 6.30. The molecule has 0 spiro atoms. The van der Waals surface area contributed by atoms with Gasteiger partial charge < -0.3 is 15.8 Å². The van der Waals surface area contributed by atoms with Gasteiger partial charge in [0, 0.05) is 0 Å². The van der Waals surface area contributed by atoms with Gasteiger partial charge in [-0.1, -0.05) is 13.0 Å². The van der Waals surface area contributed by atoms with Crippen molar-refractivity contribution in [2.75, 3.05) is 18.2 Å². The lowest BCUT2D eigenvalue weighted by Gasteiger charge is -2.13. The minimum absolute atomic E-state index is 0.664. The maximum atomic E-state index is 5.71. The van der Waals surface area contributed by atoms with Crippen LogP contribution in [-0.2, 0) is 6.42 Å². The molecule has 0 aliphatic rings. The summed E-state index contributed by atoms with van der Waals surface area (Å²) in [5, 5.41) is 3.30. The number of aryl methyl sites for hydroxylation is 2. The number of rotatable bonds is 4. The van der Waals surface area contributed by atoms with Gasteiger partial charge in [-0.2, -0.15) is 0 Å². The number of methoxy groups -OCH3 is 1. The zero-order valence-corrected chi connectivity index (χ0v) is 11.5. The van der Waals surface area contributed by atoms with Crippen molar-refractivity contribution in [3.63, 3.8) is 0 Å². The number of hydrogen-bond donors (Lipinski definition) is 2. The van der Waals surface area contributed by atoms with Crippen LogP contribution in [0.1, 0.15) is 18.1 Å². The molecule has 0 atom stereocenters. The van der Waals surface area contributed by atoms with Crippen LogP contribution in [0.25, 0.3) is 0 Å². The molecule has 0 amide bonds. The molecule has 0 aliphatic carbocycles. The number of benzene rings is 1. The third kappa shape index (κ3) is 2.96. The van der Waals surface area contributed by atoms with Crippen molar-refractivity contribution in [2.24, 2.45) is 0 Å². The summed E-state index contributed by atoms with van der Waals surface area (Å²) < 4.78 is 5.37. The summed E-state index contributed by atoms with van der Waals surface area (Å²) in [6.07, 6.45) is 2.62. The Morgan fingerprint density at radius 3 is 2.74 bits per heavy atom. The molecule has 3 N–H and O–H groups in total. The van der Waals surface area contributed by atoms with Crippen molar-refractivity contribution < 1.29 is 4.74 Å². The summed E-state index contributed by atoms with van der Waals surface area (Å²) in [4.78, 5) is 4.31. The molecule has 19 heavy (non-hydrogen) atoms. The van der Waals surface area contributed by atoms with E-state index in [1.165, 1.54) is 5.56 Å². The van der Waals surface area contributed by atoms with E-state index in [1.54, 1.807) is 13.3 Å². The molecule has 0 fully saturated rings. The second-order valence-corrected chi connectivity index (χ2v) is 4.45. The second kappa shape index (κ2) is 5.61. The topological polar surface area (TPSA) is 60.2 Å². The van der Waals surface area contributed by atoms with Gasteiger partial charge in [0.25, 0.3) is 0 Å². The van der Waals surface area contributed by atoms with Crippen molar-refractivity contribution in [1.82, 2.24) is 4.98 Å². The highest BCUT2D eigenvalue weighted by Crippen LogP contribution is 2.29. The number of nitrogen functional groups attached to an aromatic ring is 1. The Morgan fingerprint density at radius 2 is 2.11 bits per heavy atom. The summed E-state index contributed by atoms with van der Waals surface area (Å²) in [5.41, 5.74) is 9.54. The molecule has 1 aromatic carbocycles. The molecule has 4 heteroatoms. The van der Waals surface area contributed by atoms with Crippen molar-refractivity contribution in [3.8, 4) is 5.75 Å². The van der Waals surface area contributed by atoms with Gasteiger partial charge in [-0.3, -0.25) is 0 Å². The van der Waals surface area contributed by atoms with Crippen molar-refractivity contribution >= 4 is 17.2 Å². The van der Waals surface area contributed by atoms with Crippen LogP contribution in [-0.4, -0.2) is 12.1 Å². The number of nitrogens with two attached hydrogens (primary N) is 1. The largest absolute Gasteiger partial charge is 0.495 e. The van der Waals surface area contributed by atoms with E-state index in [0.29, 0.717) is 5.69 Å². The van der Waals surface area contributed by atoms with Crippen molar-refractivity contribution in [1.29, 1.82) is 0 Å². The number of aromatic nitrogens is 1. The van der Waals surface area contributed by atoms with Gasteiger partial charge in [-0.25, -0.2) is 4.98 Å². The normalized spacial score (nSPS) is 10.3. The summed E-state index contributed by atoms with van der Waals surface area (Å²) in [6.45, 7) is 4.10. The first-order chi connectivity index (χ1) is 9.13. The zero-order valence-electron chi connectivity index (χ0n) is 11.5. The average Bonchev–Trinajstić information content (AvgIpc) is 2.41. The fraction of sp³-hybridized carbons (Fsp3) is 0.267. The van der Waals surface area contributed by atoms with E-state index in [2.05, 4.69) is 29.4 Å². The molecule has 0 saturated carbocycles. The van der Waals surface area contributed by atoms with Crippen molar-refractivity contribution in [2.45, 2.75) is 20.3 Å². The second-order valence-electron chi connectivity index (χ2n) is 4.45. The highest BCUT2D eigenvalue weighted by molar-refractivity contribution is 5.67.